The van der Waals surface area contributed by atoms with Crippen LogP contribution in [0.3, 0.4) is 0 Å². The van der Waals surface area contributed by atoms with Crippen molar-refractivity contribution in [2.45, 2.75) is 0 Å². The Bertz CT molecular complexity index is 99.2. The van der Waals surface area contributed by atoms with Crippen molar-refractivity contribution in [3.8, 4) is 0 Å². The topological polar surface area (TPSA) is 80.3 Å². The maximum Gasteiger partial charge on any atom is 2.00 e. The first kappa shape index (κ1) is 22.4. The Kier molecular flexibility index (Phi) is 27.4. The summed E-state index contributed by atoms with van der Waals surface area (Å²) in [5.74, 6) is 0. The summed E-state index contributed by atoms with van der Waals surface area (Å²) in [5.41, 5.74) is 0. The minimum absolute atomic E-state index is 0. The van der Waals surface area contributed by atoms with Gasteiger partial charge in [-0.2, -0.15) is 0 Å². The standard InChI is InChI=1S/HI.K.Mn.H2O4S/c;;;1-5(2,3)4/h1H;;;(H2,1,2,3,4)/q;+1;+2;/p-3. The molecule has 0 N–H and O–H groups in total. The van der Waals surface area contributed by atoms with Crippen molar-refractivity contribution in [2.75, 3.05) is 0 Å². The van der Waals surface area contributed by atoms with Crippen molar-refractivity contribution in [3.05, 3.63) is 0 Å². The SMILES string of the molecule is O=S(=O)([O-])[O-].[I-].[K+].[Mn+2]. The summed E-state index contributed by atoms with van der Waals surface area (Å²) in [4.78, 5) is 0. The smallest absolute Gasteiger partial charge is 1.00 e. The third kappa shape index (κ3) is 69.4. The molecule has 0 aliphatic heterocycles. The zero-order chi connectivity index (χ0) is 4.50. The van der Waals surface area contributed by atoms with E-state index in [2.05, 4.69) is 0 Å². The van der Waals surface area contributed by atoms with E-state index in [1.165, 1.54) is 0 Å². The molecule has 45 valence electrons. The zero-order valence-electron chi connectivity index (χ0n) is 3.80. The molecule has 0 fully saturated rings. The van der Waals surface area contributed by atoms with Crippen molar-refractivity contribution in [3.63, 3.8) is 0 Å². The maximum atomic E-state index is 8.52. The van der Waals surface area contributed by atoms with Crippen LogP contribution in [0.25, 0.3) is 0 Å². The molecular weight excluding hydrogens is 317 g/mol. The van der Waals surface area contributed by atoms with Crippen LogP contribution in [0.2, 0.25) is 0 Å². The first-order chi connectivity index (χ1) is 2.00. The molecule has 0 aliphatic rings. The van der Waals surface area contributed by atoms with Crippen LogP contribution in [-0.4, -0.2) is 17.5 Å². The fraction of sp³-hybridized carbons (Fsp3) is 0. The quantitative estimate of drug-likeness (QED) is 0.192. The molecule has 8 heteroatoms. The predicted molar refractivity (Wildman–Crippen MR) is 10.5 cm³/mol. The van der Waals surface area contributed by atoms with Gasteiger partial charge in [-0.15, -0.1) is 0 Å². The van der Waals surface area contributed by atoms with Crippen molar-refractivity contribution >= 4 is 10.4 Å². The van der Waals surface area contributed by atoms with Crippen LogP contribution in [0.1, 0.15) is 0 Å². The van der Waals surface area contributed by atoms with Crippen LogP contribution >= 0.6 is 0 Å². The third-order valence-corrected chi connectivity index (χ3v) is 0. The molecule has 0 heterocycles. The molecule has 0 bridgehead atoms. The Labute approximate surface area is 118 Å². The van der Waals surface area contributed by atoms with E-state index in [9.17, 15) is 0 Å². The Balaban J connectivity index is -0.0000000267. The van der Waals surface area contributed by atoms with Gasteiger partial charge in [0.05, 0.1) is 0 Å². The van der Waals surface area contributed by atoms with Crippen LogP contribution in [-0.2, 0) is 27.5 Å². The number of hydrogen-bond acceptors (Lipinski definition) is 4. The van der Waals surface area contributed by atoms with Crippen molar-refractivity contribution in [1.29, 1.82) is 0 Å². The van der Waals surface area contributed by atoms with Crippen LogP contribution in [0.5, 0.6) is 0 Å². The molecule has 0 unspecified atom stereocenters. The first-order valence-electron chi connectivity index (χ1n) is 0.667. The fourth-order valence-corrected chi connectivity index (χ4v) is 0. The largest absolute Gasteiger partial charge is 2.00 e. The Morgan fingerprint density at radius 2 is 1.12 bits per heavy atom. The number of halogens is 1. The second-order valence-electron chi connectivity index (χ2n) is 0.408. The van der Waals surface area contributed by atoms with E-state index in [1.807, 2.05) is 0 Å². The predicted octanol–water partition coefficient (Wildman–Crippen LogP) is -7.33. The number of hydrogen-bond donors (Lipinski definition) is 0. The average Bonchev–Trinajstić information content (AvgIpc) is 0.722. The van der Waals surface area contributed by atoms with Gasteiger partial charge >= 0.3 is 68.5 Å². The summed E-state index contributed by atoms with van der Waals surface area (Å²) in [5, 5.41) is 0. The summed E-state index contributed by atoms with van der Waals surface area (Å²) in [6.45, 7) is 0. The monoisotopic (exact) mass is 317 g/mol. The van der Waals surface area contributed by atoms with E-state index in [-0.39, 0.29) is 92.4 Å². The Hall–Kier alpha value is 2.76. The van der Waals surface area contributed by atoms with Crippen molar-refractivity contribution in [2.24, 2.45) is 0 Å². The molecule has 0 rings (SSSR count). The van der Waals surface area contributed by atoms with Crippen LogP contribution < -0.4 is 75.4 Å². The first-order valence-corrected chi connectivity index (χ1v) is 2.00. The Morgan fingerprint density at radius 1 is 1.12 bits per heavy atom. The minimum Gasteiger partial charge on any atom is -1.00 e. The van der Waals surface area contributed by atoms with Crippen LogP contribution in [0.15, 0.2) is 0 Å². The molecule has 0 amide bonds. The summed E-state index contributed by atoms with van der Waals surface area (Å²) in [6, 6.07) is 0. The molecule has 4 nitrogen and oxygen atoms in total. The second-order valence-corrected chi connectivity index (χ2v) is 1.22. The van der Waals surface area contributed by atoms with Gasteiger partial charge in [0.2, 0.25) is 0 Å². The molecule has 1 radical (unpaired) electrons. The second kappa shape index (κ2) is 9.76. The zero-order valence-corrected chi connectivity index (χ0v) is 11.1. The van der Waals surface area contributed by atoms with Gasteiger partial charge in [-0.25, -0.2) is 0 Å². The third-order valence-electron chi connectivity index (χ3n) is 0. The van der Waals surface area contributed by atoms with Crippen LogP contribution in [0.4, 0.5) is 0 Å². The van der Waals surface area contributed by atoms with Gasteiger partial charge in [0.25, 0.3) is 0 Å². The molecule has 8 heavy (non-hydrogen) atoms. The molecule has 0 aromatic heterocycles. The summed E-state index contributed by atoms with van der Waals surface area (Å²) in [6.07, 6.45) is 0. The van der Waals surface area contributed by atoms with E-state index in [0.29, 0.717) is 0 Å². The normalized spacial score (nSPS) is 7.25. The van der Waals surface area contributed by atoms with Crippen molar-refractivity contribution < 1.29 is 110 Å². The van der Waals surface area contributed by atoms with Gasteiger partial charge in [0.15, 0.2) is 0 Å². The van der Waals surface area contributed by atoms with Gasteiger partial charge in [-0.3, -0.25) is 8.42 Å². The summed E-state index contributed by atoms with van der Waals surface area (Å²) >= 11 is 0. The van der Waals surface area contributed by atoms with Crippen LogP contribution in [0, 0.1) is 0 Å². The molecular formula is IKMnO4S. The van der Waals surface area contributed by atoms with Crippen molar-refractivity contribution in [1.82, 2.24) is 0 Å². The van der Waals surface area contributed by atoms with Gasteiger partial charge in [-0.1, -0.05) is 0 Å². The van der Waals surface area contributed by atoms with Gasteiger partial charge in [0, 0.05) is 10.4 Å². The van der Waals surface area contributed by atoms with E-state index >= 15 is 0 Å². The fourth-order valence-electron chi connectivity index (χ4n) is 0. The van der Waals surface area contributed by atoms with Gasteiger partial charge in [0.1, 0.15) is 0 Å². The Morgan fingerprint density at radius 3 is 1.12 bits per heavy atom. The minimum atomic E-state index is -5.17. The molecule has 0 atom stereocenters. The van der Waals surface area contributed by atoms with E-state index in [1.54, 1.807) is 0 Å². The van der Waals surface area contributed by atoms with E-state index < -0.39 is 10.4 Å². The molecule has 0 saturated heterocycles. The maximum absolute atomic E-state index is 8.52. The van der Waals surface area contributed by atoms with Gasteiger partial charge < -0.3 is 33.1 Å². The van der Waals surface area contributed by atoms with Gasteiger partial charge in [-0.05, 0) is 0 Å². The molecule has 0 spiro atoms. The molecule has 0 aliphatic carbocycles. The molecule has 0 saturated carbocycles. The molecule has 0 aromatic rings. The van der Waals surface area contributed by atoms with E-state index in [4.69, 9.17) is 17.5 Å². The molecule has 0 aromatic carbocycles. The summed E-state index contributed by atoms with van der Waals surface area (Å²) in [7, 11) is -5.17. The van der Waals surface area contributed by atoms with E-state index in [0.717, 1.165) is 0 Å². The number of rotatable bonds is 0. The summed E-state index contributed by atoms with van der Waals surface area (Å²) < 4.78 is 34.1. The average molecular weight is 317 g/mol.